The second-order valence-corrected chi connectivity index (χ2v) is 5.48. The molecule has 1 aliphatic rings. The molecule has 5 heteroatoms. The highest BCUT2D eigenvalue weighted by atomic mass is 19.1. The molecule has 0 radical (unpaired) electrons. The minimum absolute atomic E-state index is 0.131. The molecule has 110 valence electrons. The number of nitrogens with zero attached hydrogens (tertiary/aromatic N) is 1. The molecular formula is C15H20F2N2O. The first-order valence-corrected chi connectivity index (χ1v) is 6.90. The highest BCUT2D eigenvalue weighted by Gasteiger charge is 2.31. The molecule has 1 aliphatic carbocycles. The van der Waals surface area contributed by atoms with Crippen molar-refractivity contribution in [1.82, 2.24) is 4.90 Å². The Bertz CT molecular complexity index is 519. The number of amides is 1. The van der Waals surface area contributed by atoms with Crippen LogP contribution < -0.4 is 5.73 Å². The van der Waals surface area contributed by atoms with Crippen LogP contribution in [0.4, 0.5) is 8.78 Å². The monoisotopic (exact) mass is 282 g/mol. The van der Waals surface area contributed by atoms with E-state index in [0.29, 0.717) is 0 Å². The average Bonchev–Trinajstić information content (AvgIpc) is 2.43. The lowest BCUT2D eigenvalue weighted by Gasteiger charge is -2.36. The van der Waals surface area contributed by atoms with Gasteiger partial charge in [0.05, 0.1) is 0 Å². The van der Waals surface area contributed by atoms with E-state index in [1.165, 1.54) is 17.9 Å². The molecule has 0 bridgehead atoms. The van der Waals surface area contributed by atoms with Gasteiger partial charge in [-0.2, -0.15) is 0 Å². The Morgan fingerprint density at radius 1 is 1.30 bits per heavy atom. The van der Waals surface area contributed by atoms with Gasteiger partial charge in [-0.15, -0.1) is 0 Å². The van der Waals surface area contributed by atoms with E-state index in [1.807, 2.05) is 0 Å². The molecule has 0 spiro atoms. The molecule has 2 atom stereocenters. The average molecular weight is 282 g/mol. The van der Waals surface area contributed by atoms with Gasteiger partial charge in [-0.3, -0.25) is 4.79 Å². The summed E-state index contributed by atoms with van der Waals surface area (Å²) < 4.78 is 27.8. The number of carbonyl (C=O) groups excluding carboxylic acids is 1. The van der Waals surface area contributed by atoms with Crippen LogP contribution in [-0.2, 0) is 0 Å². The number of hydrogen-bond donors (Lipinski definition) is 1. The van der Waals surface area contributed by atoms with E-state index in [4.69, 9.17) is 5.73 Å². The maximum atomic E-state index is 14.0. The lowest BCUT2D eigenvalue weighted by molar-refractivity contribution is 0.0662. The molecule has 2 unspecified atom stereocenters. The van der Waals surface area contributed by atoms with Gasteiger partial charge in [-0.25, -0.2) is 8.78 Å². The van der Waals surface area contributed by atoms with E-state index in [2.05, 4.69) is 0 Å². The topological polar surface area (TPSA) is 46.3 Å². The summed E-state index contributed by atoms with van der Waals surface area (Å²) in [5.41, 5.74) is 5.80. The summed E-state index contributed by atoms with van der Waals surface area (Å²) in [4.78, 5) is 13.8. The molecule has 1 saturated carbocycles. The molecule has 3 nitrogen and oxygen atoms in total. The third-order valence-corrected chi connectivity index (χ3v) is 4.10. The number of nitrogens with two attached hydrogens (primary N) is 1. The second-order valence-electron chi connectivity index (χ2n) is 5.48. The van der Waals surface area contributed by atoms with Crippen LogP contribution in [0.5, 0.6) is 0 Å². The number of benzene rings is 1. The summed E-state index contributed by atoms with van der Waals surface area (Å²) in [6.45, 7) is 1.51. The van der Waals surface area contributed by atoms with Crippen molar-refractivity contribution in [3.8, 4) is 0 Å². The molecule has 1 aromatic carbocycles. The van der Waals surface area contributed by atoms with Gasteiger partial charge in [0, 0.05) is 19.1 Å². The van der Waals surface area contributed by atoms with Crippen molar-refractivity contribution in [3.05, 3.63) is 34.9 Å². The summed E-state index contributed by atoms with van der Waals surface area (Å²) in [7, 11) is 1.57. The fraction of sp³-hybridized carbons (Fsp3) is 0.533. The molecule has 2 rings (SSSR count). The quantitative estimate of drug-likeness (QED) is 0.906. The summed E-state index contributed by atoms with van der Waals surface area (Å²) in [5.74, 6) is -2.24. The molecule has 0 heterocycles. The maximum absolute atomic E-state index is 14.0. The Morgan fingerprint density at radius 2 is 1.95 bits per heavy atom. The van der Waals surface area contributed by atoms with E-state index in [9.17, 15) is 13.6 Å². The zero-order chi connectivity index (χ0) is 14.9. The highest BCUT2D eigenvalue weighted by Crippen LogP contribution is 2.24. The number of hydrogen-bond acceptors (Lipinski definition) is 2. The number of aryl methyl sites for hydroxylation is 1. The predicted octanol–water partition coefficient (Wildman–Crippen LogP) is 2.62. The molecule has 20 heavy (non-hydrogen) atoms. The van der Waals surface area contributed by atoms with E-state index >= 15 is 0 Å². The van der Waals surface area contributed by atoms with Crippen LogP contribution in [0.2, 0.25) is 0 Å². The number of carbonyl (C=O) groups is 1. The molecule has 0 aromatic heterocycles. The Labute approximate surface area is 117 Å². The van der Waals surface area contributed by atoms with Crippen LogP contribution in [0.25, 0.3) is 0 Å². The lowest BCUT2D eigenvalue weighted by Crippen LogP contribution is -2.50. The smallest absolute Gasteiger partial charge is 0.259 e. The van der Waals surface area contributed by atoms with Gasteiger partial charge in [-0.1, -0.05) is 18.9 Å². The first-order valence-electron chi connectivity index (χ1n) is 6.90. The maximum Gasteiger partial charge on any atom is 0.259 e. The molecule has 2 N–H and O–H groups in total. The first kappa shape index (κ1) is 14.9. The van der Waals surface area contributed by atoms with Crippen LogP contribution in [0.1, 0.15) is 41.6 Å². The standard InChI is InChI=1S/C15H20F2N2O/c1-9-7-8-10(16)13(14(9)17)15(20)19(2)12-6-4-3-5-11(12)18/h7-8,11-12H,3-6,18H2,1-2H3. The largest absolute Gasteiger partial charge is 0.337 e. The Balaban J connectivity index is 2.29. The summed E-state index contributed by atoms with van der Waals surface area (Å²) >= 11 is 0. The van der Waals surface area contributed by atoms with Gasteiger partial charge in [0.25, 0.3) is 5.91 Å². The predicted molar refractivity (Wildman–Crippen MR) is 73.4 cm³/mol. The Hall–Kier alpha value is -1.49. The minimum Gasteiger partial charge on any atom is -0.337 e. The van der Waals surface area contributed by atoms with E-state index < -0.39 is 23.1 Å². The molecule has 1 aromatic rings. The van der Waals surface area contributed by atoms with Crippen molar-refractivity contribution in [2.75, 3.05) is 7.05 Å². The summed E-state index contributed by atoms with van der Waals surface area (Å²) in [5, 5.41) is 0. The zero-order valence-corrected chi connectivity index (χ0v) is 11.8. The molecular weight excluding hydrogens is 262 g/mol. The summed E-state index contributed by atoms with van der Waals surface area (Å²) in [6, 6.07) is 2.16. The SMILES string of the molecule is Cc1ccc(F)c(C(=O)N(C)C2CCCCC2N)c1F. The van der Waals surface area contributed by atoms with Crippen LogP contribution >= 0.6 is 0 Å². The zero-order valence-electron chi connectivity index (χ0n) is 11.8. The number of likely N-dealkylation sites (N-methyl/N-ethyl adjacent to an activating group) is 1. The van der Waals surface area contributed by atoms with Crippen molar-refractivity contribution in [2.24, 2.45) is 5.73 Å². The van der Waals surface area contributed by atoms with Crippen LogP contribution in [0.3, 0.4) is 0 Å². The van der Waals surface area contributed by atoms with E-state index in [-0.39, 0.29) is 17.6 Å². The summed E-state index contributed by atoms with van der Waals surface area (Å²) in [6.07, 6.45) is 3.63. The number of halogens is 2. The Kier molecular flexibility index (Phi) is 4.38. The van der Waals surface area contributed by atoms with Crippen molar-refractivity contribution in [2.45, 2.75) is 44.7 Å². The first-order chi connectivity index (χ1) is 9.43. The van der Waals surface area contributed by atoms with Crippen LogP contribution in [0, 0.1) is 18.6 Å². The minimum atomic E-state index is -0.825. The Morgan fingerprint density at radius 3 is 2.60 bits per heavy atom. The normalized spacial score (nSPS) is 22.6. The second kappa shape index (κ2) is 5.87. The van der Waals surface area contributed by atoms with Crippen molar-refractivity contribution < 1.29 is 13.6 Å². The molecule has 1 fully saturated rings. The third kappa shape index (κ3) is 2.68. The molecule has 0 saturated heterocycles. The van der Waals surface area contributed by atoms with Gasteiger partial charge in [0.2, 0.25) is 0 Å². The molecule has 1 amide bonds. The highest BCUT2D eigenvalue weighted by molar-refractivity contribution is 5.95. The van der Waals surface area contributed by atoms with Crippen molar-refractivity contribution in [3.63, 3.8) is 0 Å². The van der Waals surface area contributed by atoms with Crippen LogP contribution in [-0.4, -0.2) is 29.9 Å². The van der Waals surface area contributed by atoms with Gasteiger partial charge in [0.15, 0.2) is 0 Å². The number of rotatable bonds is 2. The van der Waals surface area contributed by atoms with Crippen molar-refractivity contribution in [1.29, 1.82) is 0 Å². The third-order valence-electron chi connectivity index (χ3n) is 4.10. The van der Waals surface area contributed by atoms with Gasteiger partial charge in [0.1, 0.15) is 17.2 Å². The van der Waals surface area contributed by atoms with E-state index in [0.717, 1.165) is 31.7 Å². The lowest BCUT2D eigenvalue weighted by atomic mass is 9.89. The van der Waals surface area contributed by atoms with E-state index in [1.54, 1.807) is 7.05 Å². The molecule has 0 aliphatic heterocycles. The fourth-order valence-electron chi connectivity index (χ4n) is 2.80. The van der Waals surface area contributed by atoms with Crippen molar-refractivity contribution >= 4 is 5.91 Å². The van der Waals surface area contributed by atoms with Gasteiger partial charge in [-0.05, 0) is 31.4 Å². The van der Waals surface area contributed by atoms with Gasteiger partial charge < -0.3 is 10.6 Å². The fourth-order valence-corrected chi connectivity index (χ4v) is 2.80. The van der Waals surface area contributed by atoms with Crippen LogP contribution in [0.15, 0.2) is 12.1 Å². The van der Waals surface area contributed by atoms with Gasteiger partial charge >= 0.3 is 0 Å².